The SMILES string of the molecule is CN(C)c1ccc(/C=N/NC(=O)CNC(=O)c2ccc3c(c2)OCCO3)cc1. The number of hydrogen-bond acceptors (Lipinski definition) is 6. The number of hydrazone groups is 1. The molecule has 28 heavy (non-hydrogen) atoms. The summed E-state index contributed by atoms with van der Waals surface area (Å²) in [5.41, 5.74) is 4.70. The molecule has 8 heteroatoms. The molecule has 8 nitrogen and oxygen atoms in total. The molecule has 2 N–H and O–H groups in total. The van der Waals surface area contributed by atoms with E-state index in [9.17, 15) is 9.59 Å². The number of benzene rings is 2. The summed E-state index contributed by atoms with van der Waals surface area (Å²) in [6.45, 7) is 0.736. The maximum absolute atomic E-state index is 12.2. The van der Waals surface area contributed by atoms with Crippen LogP contribution in [0, 0.1) is 0 Å². The maximum atomic E-state index is 12.2. The van der Waals surface area contributed by atoms with E-state index in [0.29, 0.717) is 30.3 Å². The third kappa shape index (κ3) is 5.00. The van der Waals surface area contributed by atoms with Gasteiger partial charge in [0.05, 0.1) is 12.8 Å². The molecule has 0 saturated heterocycles. The van der Waals surface area contributed by atoms with Crippen LogP contribution in [0.4, 0.5) is 5.69 Å². The van der Waals surface area contributed by atoms with E-state index in [-0.39, 0.29) is 12.5 Å². The molecule has 0 unspecified atom stereocenters. The second kappa shape index (κ2) is 8.90. The molecule has 3 rings (SSSR count). The van der Waals surface area contributed by atoms with E-state index >= 15 is 0 Å². The number of rotatable bonds is 6. The largest absolute Gasteiger partial charge is 0.486 e. The zero-order valence-electron chi connectivity index (χ0n) is 15.8. The molecule has 0 aliphatic carbocycles. The summed E-state index contributed by atoms with van der Waals surface area (Å²) in [6, 6.07) is 12.6. The van der Waals surface area contributed by atoms with Gasteiger partial charge in [0.1, 0.15) is 13.2 Å². The van der Waals surface area contributed by atoms with Gasteiger partial charge in [0.2, 0.25) is 0 Å². The summed E-state index contributed by atoms with van der Waals surface area (Å²) in [4.78, 5) is 26.0. The molecule has 0 spiro atoms. The number of fused-ring (bicyclic) bond motifs is 1. The van der Waals surface area contributed by atoms with E-state index < -0.39 is 5.91 Å². The molecule has 1 aliphatic heterocycles. The minimum absolute atomic E-state index is 0.190. The first-order chi connectivity index (χ1) is 13.5. The number of amides is 2. The van der Waals surface area contributed by atoms with E-state index in [1.807, 2.05) is 43.3 Å². The van der Waals surface area contributed by atoms with E-state index in [1.165, 1.54) is 0 Å². The average molecular weight is 382 g/mol. The maximum Gasteiger partial charge on any atom is 0.259 e. The molecular weight excluding hydrogens is 360 g/mol. The van der Waals surface area contributed by atoms with Crippen LogP contribution in [0.2, 0.25) is 0 Å². The van der Waals surface area contributed by atoms with Crippen molar-refractivity contribution in [1.82, 2.24) is 10.7 Å². The number of ether oxygens (including phenoxy) is 2. The predicted octanol–water partition coefficient (Wildman–Crippen LogP) is 1.40. The molecule has 2 amide bonds. The summed E-state index contributed by atoms with van der Waals surface area (Å²) in [6.07, 6.45) is 1.54. The number of carbonyl (C=O) groups excluding carboxylic acids is 2. The summed E-state index contributed by atoms with van der Waals surface area (Å²) in [5, 5.41) is 6.45. The van der Waals surface area contributed by atoms with Gasteiger partial charge in [-0.3, -0.25) is 9.59 Å². The Morgan fingerprint density at radius 3 is 2.50 bits per heavy atom. The van der Waals surface area contributed by atoms with Gasteiger partial charge in [-0.25, -0.2) is 5.43 Å². The first-order valence-electron chi connectivity index (χ1n) is 8.80. The van der Waals surface area contributed by atoms with Crippen LogP contribution in [0.1, 0.15) is 15.9 Å². The van der Waals surface area contributed by atoms with Crippen molar-refractivity contribution in [2.75, 3.05) is 38.8 Å². The zero-order chi connectivity index (χ0) is 19.9. The third-order valence-corrected chi connectivity index (χ3v) is 4.03. The Morgan fingerprint density at radius 2 is 1.79 bits per heavy atom. The number of nitrogens with one attached hydrogen (secondary N) is 2. The molecule has 0 radical (unpaired) electrons. The third-order valence-electron chi connectivity index (χ3n) is 4.03. The van der Waals surface area contributed by atoms with Crippen LogP contribution >= 0.6 is 0 Å². The van der Waals surface area contributed by atoms with Gasteiger partial charge in [-0.15, -0.1) is 0 Å². The van der Waals surface area contributed by atoms with Crippen molar-refractivity contribution < 1.29 is 19.1 Å². The van der Waals surface area contributed by atoms with Crippen LogP contribution in [0.3, 0.4) is 0 Å². The number of nitrogens with zero attached hydrogens (tertiary/aromatic N) is 2. The minimum Gasteiger partial charge on any atom is -0.486 e. The monoisotopic (exact) mass is 382 g/mol. The fourth-order valence-corrected chi connectivity index (χ4v) is 2.52. The molecule has 0 saturated carbocycles. The van der Waals surface area contributed by atoms with Crippen molar-refractivity contribution in [3.05, 3.63) is 53.6 Å². The second-order valence-electron chi connectivity index (χ2n) is 6.32. The summed E-state index contributed by atoms with van der Waals surface area (Å²) in [7, 11) is 3.92. The van der Waals surface area contributed by atoms with Crippen LogP contribution in [-0.4, -0.2) is 51.9 Å². The molecular formula is C20H22N4O4. The fraction of sp³-hybridized carbons (Fsp3) is 0.250. The van der Waals surface area contributed by atoms with Crippen LogP contribution in [0.25, 0.3) is 0 Å². The Kier molecular flexibility index (Phi) is 6.11. The van der Waals surface area contributed by atoms with Crippen LogP contribution in [-0.2, 0) is 4.79 Å². The lowest BCUT2D eigenvalue weighted by molar-refractivity contribution is -0.120. The van der Waals surface area contributed by atoms with Crippen molar-refractivity contribution in [3.8, 4) is 11.5 Å². The van der Waals surface area contributed by atoms with E-state index in [0.717, 1.165) is 11.3 Å². The van der Waals surface area contributed by atoms with E-state index in [2.05, 4.69) is 15.8 Å². The van der Waals surface area contributed by atoms with Crippen molar-refractivity contribution in [2.24, 2.45) is 5.10 Å². The van der Waals surface area contributed by atoms with Crippen LogP contribution in [0.5, 0.6) is 11.5 Å². The Labute approximate surface area is 163 Å². The summed E-state index contributed by atoms with van der Waals surface area (Å²) in [5.74, 6) is 0.323. The average Bonchev–Trinajstić information content (AvgIpc) is 2.72. The fourth-order valence-electron chi connectivity index (χ4n) is 2.52. The Balaban J connectivity index is 1.46. The topological polar surface area (TPSA) is 92.3 Å². The predicted molar refractivity (Wildman–Crippen MR) is 106 cm³/mol. The lowest BCUT2D eigenvalue weighted by Crippen LogP contribution is -2.35. The second-order valence-corrected chi connectivity index (χ2v) is 6.32. The van der Waals surface area contributed by atoms with E-state index in [1.54, 1.807) is 24.4 Å². The van der Waals surface area contributed by atoms with Gasteiger partial charge in [-0.1, -0.05) is 12.1 Å². The highest BCUT2D eigenvalue weighted by Gasteiger charge is 2.15. The minimum atomic E-state index is -0.424. The van der Waals surface area contributed by atoms with Gasteiger partial charge in [0, 0.05) is 25.3 Å². The highest BCUT2D eigenvalue weighted by atomic mass is 16.6. The van der Waals surface area contributed by atoms with Crippen LogP contribution < -0.4 is 25.1 Å². The summed E-state index contributed by atoms with van der Waals surface area (Å²) < 4.78 is 10.9. The highest BCUT2D eigenvalue weighted by Crippen LogP contribution is 2.30. The lowest BCUT2D eigenvalue weighted by Gasteiger charge is -2.18. The molecule has 0 atom stereocenters. The van der Waals surface area contributed by atoms with Crippen molar-refractivity contribution in [1.29, 1.82) is 0 Å². The number of carbonyl (C=O) groups is 2. The molecule has 1 heterocycles. The smallest absolute Gasteiger partial charge is 0.259 e. The van der Waals surface area contributed by atoms with Crippen molar-refractivity contribution in [3.63, 3.8) is 0 Å². The van der Waals surface area contributed by atoms with Gasteiger partial charge < -0.3 is 19.7 Å². The summed E-state index contributed by atoms with van der Waals surface area (Å²) >= 11 is 0. The van der Waals surface area contributed by atoms with Gasteiger partial charge in [0.15, 0.2) is 11.5 Å². The molecule has 0 fully saturated rings. The lowest BCUT2D eigenvalue weighted by atomic mass is 10.2. The standard InChI is InChI=1S/C20H22N4O4/c1-24(2)16-6-3-14(4-7-16)12-22-23-19(25)13-21-20(26)15-5-8-17-18(11-15)28-10-9-27-17/h3-8,11-12H,9-10,13H2,1-2H3,(H,21,26)(H,23,25)/b22-12+. The molecule has 0 bridgehead atoms. The van der Waals surface area contributed by atoms with Gasteiger partial charge in [-0.2, -0.15) is 5.10 Å². The van der Waals surface area contributed by atoms with Gasteiger partial charge in [0.25, 0.3) is 11.8 Å². The first-order valence-corrected chi connectivity index (χ1v) is 8.80. The number of hydrogen-bond donors (Lipinski definition) is 2. The molecule has 2 aromatic rings. The highest BCUT2D eigenvalue weighted by molar-refractivity contribution is 5.97. The molecule has 1 aliphatic rings. The van der Waals surface area contributed by atoms with E-state index in [4.69, 9.17) is 9.47 Å². The first kappa shape index (κ1) is 19.2. The Morgan fingerprint density at radius 1 is 1.07 bits per heavy atom. The Bertz CT molecular complexity index is 878. The number of anilines is 1. The van der Waals surface area contributed by atoms with Crippen molar-refractivity contribution in [2.45, 2.75) is 0 Å². The molecule has 0 aromatic heterocycles. The zero-order valence-corrected chi connectivity index (χ0v) is 15.8. The van der Waals surface area contributed by atoms with Crippen molar-refractivity contribution >= 4 is 23.7 Å². The van der Waals surface area contributed by atoms with Gasteiger partial charge >= 0.3 is 0 Å². The van der Waals surface area contributed by atoms with Gasteiger partial charge in [-0.05, 0) is 35.9 Å². The Hall–Kier alpha value is -3.55. The normalized spacial score (nSPS) is 12.5. The van der Waals surface area contributed by atoms with Crippen LogP contribution in [0.15, 0.2) is 47.6 Å². The molecule has 146 valence electrons. The quantitative estimate of drug-likeness (QED) is 0.582. The molecule has 2 aromatic carbocycles.